The minimum atomic E-state index is -0.794. The van der Waals surface area contributed by atoms with Crippen LogP contribution in [0.2, 0.25) is 0 Å². The van der Waals surface area contributed by atoms with Gasteiger partial charge in [0.05, 0.1) is 6.54 Å². The van der Waals surface area contributed by atoms with Crippen molar-refractivity contribution in [1.82, 2.24) is 10.6 Å². The zero-order chi connectivity index (χ0) is 13.5. The smallest absolute Gasteiger partial charge is 0.303 e. The van der Waals surface area contributed by atoms with Crippen LogP contribution in [0.25, 0.3) is 0 Å². The van der Waals surface area contributed by atoms with Crippen molar-refractivity contribution in [3.8, 4) is 0 Å². The molecule has 0 aromatic carbocycles. The molecule has 1 amide bonds. The fraction of sp³-hybridized carbons (Fsp3) is 0.833. The molecule has 0 radical (unpaired) electrons. The molecule has 0 spiro atoms. The van der Waals surface area contributed by atoms with E-state index in [9.17, 15) is 9.59 Å². The van der Waals surface area contributed by atoms with Gasteiger partial charge in [0.25, 0.3) is 0 Å². The van der Waals surface area contributed by atoms with Gasteiger partial charge in [0.2, 0.25) is 5.91 Å². The first kappa shape index (κ1) is 15.9. The van der Waals surface area contributed by atoms with Gasteiger partial charge in [0, 0.05) is 18.5 Å². The van der Waals surface area contributed by atoms with Gasteiger partial charge in [-0.05, 0) is 33.1 Å². The molecule has 5 heteroatoms. The first-order valence-electron chi connectivity index (χ1n) is 5.94. The number of rotatable bonds is 7. The van der Waals surface area contributed by atoms with Gasteiger partial charge in [0.1, 0.15) is 0 Å². The third kappa shape index (κ3) is 11.2. The van der Waals surface area contributed by atoms with Crippen LogP contribution in [0.4, 0.5) is 0 Å². The van der Waals surface area contributed by atoms with Gasteiger partial charge < -0.3 is 15.7 Å². The van der Waals surface area contributed by atoms with E-state index in [1.165, 1.54) is 0 Å². The van der Waals surface area contributed by atoms with Gasteiger partial charge in [0.15, 0.2) is 0 Å². The number of hydrogen-bond donors (Lipinski definition) is 3. The van der Waals surface area contributed by atoms with E-state index in [1.54, 1.807) is 0 Å². The van der Waals surface area contributed by atoms with Gasteiger partial charge in [-0.1, -0.05) is 6.92 Å². The van der Waals surface area contributed by atoms with Gasteiger partial charge in [-0.3, -0.25) is 9.59 Å². The highest BCUT2D eigenvalue weighted by Gasteiger charge is 2.12. The maximum Gasteiger partial charge on any atom is 0.303 e. The van der Waals surface area contributed by atoms with Crippen molar-refractivity contribution in [2.24, 2.45) is 5.92 Å². The third-order valence-electron chi connectivity index (χ3n) is 2.28. The van der Waals surface area contributed by atoms with Crippen LogP contribution in [-0.4, -0.2) is 35.6 Å². The number of aliphatic carboxylic acids is 1. The summed E-state index contributed by atoms with van der Waals surface area (Å²) in [7, 11) is 0. The number of carbonyl (C=O) groups excluding carboxylic acids is 1. The lowest BCUT2D eigenvalue weighted by Gasteiger charge is -2.20. The van der Waals surface area contributed by atoms with Crippen LogP contribution in [0.5, 0.6) is 0 Å². The second-order valence-corrected chi connectivity index (χ2v) is 5.45. The Labute approximate surface area is 103 Å². The topological polar surface area (TPSA) is 78.4 Å². The SMILES string of the molecule is CC(CCC(=O)O)CNC(=O)CNC(C)(C)C. The first-order valence-corrected chi connectivity index (χ1v) is 5.94. The standard InChI is InChI=1S/C12H24N2O3/c1-9(5-6-11(16)17)7-13-10(15)8-14-12(2,3)4/h9,14H,5-8H2,1-4H3,(H,13,15)(H,16,17). The normalized spacial score (nSPS) is 13.2. The number of carboxylic acid groups (broad SMARTS) is 1. The van der Waals surface area contributed by atoms with E-state index in [0.29, 0.717) is 13.0 Å². The molecule has 5 nitrogen and oxygen atoms in total. The van der Waals surface area contributed by atoms with E-state index in [4.69, 9.17) is 5.11 Å². The van der Waals surface area contributed by atoms with Crippen molar-refractivity contribution in [3.05, 3.63) is 0 Å². The highest BCUT2D eigenvalue weighted by Crippen LogP contribution is 2.03. The molecule has 0 saturated heterocycles. The van der Waals surface area contributed by atoms with Crippen molar-refractivity contribution < 1.29 is 14.7 Å². The Hall–Kier alpha value is -1.10. The van der Waals surface area contributed by atoms with Crippen LogP contribution in [0.3, 0.4) is 0 Å². The summed E-state index contributed by atoms with van der Waals surface area (Å²) >= 11 is 0. The lowest BCUT2D eigenvalue weighted by molar-refractivity contribution is -0.137. The molecule has 0 fully saturated rings. The minimum Gasteiger partial charge on any atom is -0.481 e. The number of hydrogen-bond acceptors (Lipinski definition) is 3. The Balaban J connectivity index is 3.66. The predicted molar refractivity (Wildman–Crippen MR) is 66.8 cm³/mol. The minimum absolute atomic E-state index is 0.0536. The molecule has 17 heavy (non-hydrogen) atoms. The van der Waals surface area contributed by atoms with Crippen LogP contribution >= 0.6 is 0 Å². The zero-order valence-corrected chi connectivity index (χ0v) is 11.2. The van der Waals surface area contributed by atoms with E-state index in [1.807, 2.05) is 27.7 Å². The second kappa shape index (κ2) is 7.27. The van der Waals surface area contributed by atoms with Crippen molar-refractivity contribution in [2.45, 2.75) is 46.1 Å². The number of nitrogens with one attached hydrogen (secondary N) is 2. The average Bonchev–Trinajstić information content (AvgIpc) is 2.19. The molecule has 1 atom stereocenters. The molecule has 100 valence electrons. The second-order valence-electron chi connectivity index (χ2n) is 5.45. The van der Waals surface area contributed by atoms with Crippen LogP contribution in [0, 0.1) is 5.92 Å². The molecule has 0 aliphatic carbocycles. The summed E-state index contributed by atoms with van der Waals surface area (Å²) in [5, 5.41) is 14.4. The number of amides is 1. The Kier molecular flexibility index (Phi) is 6.80. The fourth-order valence-electron chi connectivity index (χ4n) is 1.17. The summed E-state index contributed by atoms with van der Waals surface area (Å²) in [4.78, 5) is 21.8. The van der Waals surface area contributed by atoms with E-state index in [0.717, 1.165) is 0 Å². The molecule has 3 N–H and O–H groups in total. The molecule has 0 bridgehead atoms. The van der Waals surface area contributed by atoms with Crippen LogP contribution in [0.15, 0.2) is 0 Å². The van der Waals surface area contributed by atoms with Crippen LogP contribution < -0.4 is 10.6 Å². The van der Waals surface area contributed by atoms with Crippen molar-refractivity contribution in [1.29, 1.82) is 0 Å². The quantitative estimate of drug-likeness (QED) is 0.624. The molecule has 0 saturated carbocycles. The maximum absolute atomic E-state index is 11.4. The van der Waals surface area contributed by atoms with Crippen molar-refractivity contribution in [3.63, 3.8) is 0 Å². The first-order chi connectivity index (χ1) is 7.70. The van der Waals surface area contributed by atoms with Gasteiger partial charge in [-0.2, -0.15) is 0 Å². The molecule has 1 unspecified atom stereocenters. The van der Waals surface area contributed by atoms with Gasteiger partial charge >= 0.3 is 5.97 Å². The fourth-order valence-corrected chi connectivity index (χ4v) is 1.17. The summed E-state index contributed by atoms with van der Waals surface area (Å²) in [6, 6.07) is 0. The number of carbonyl (C=O) groups is 2. The van der Waals surface area contributed by atoms with E-state index in [-0.39, 0.29) is 30.3 Å². The molecule has 0 aromatic heterocycles. The number of carboxylic acids is 1. The van der Waals surface area contributed by atoms with Crippen molar-refractivity contribution in [2.75, 3.05) is 13.1 Å². The largest absolute Gasteiger partial charge is 0.481 e. The lowest BCUT2D eigenvalue weighted by atomic mass is 10.1. The van der Waals surface area contributed by atoms with Crippen LogP contribution in [0.1, 0.15) is 40.5 Å². The van der Waals surface area contributed by atoms with Gasteiger partial charge in [-0.25, -0.2) is 0 Å². The summed E-state index contributed by atoms with van der Waals surface area (Å²) < 4.78 is 0. The maximum atomic E-state index is 11.4. The summed E-state index contributed by atoms with van der Waals surface area (Å²) in [5.74, 6) is -0.663. The molecule has 0 aromatic rings. The molecule has 0 heterocycles. The Morgan fingerprint density at radius 3 is 2.35 bits per heavy atom. The molecular weight excluding hydrogens is 220 g/mol. The molecule has 0 aliphatic heterocycles. The van der Waals surface area contributed by atoms with Crippen molar-refractivity contribution >= 4 is 11.9 Å². The summed E-state index contributed by atoms with van der Waals surface area (Å²) in [6.07, 6.45) is 0.736. The summed E-state index contributed by atoms with van der Waals surface area (Å²) in [5.41, 5.74) is -0.0771. The monoisotopic (exact) mass is 244 g/mol. The Bertz CT molecular complexity index is 259. The molecular formula is C12H24N2O3. The highest BCUT2D eigenvalue weighted by molar-refractivity contribution is 5.78. The van der Waals surface area contributed by atoms with Crippen LogP contribution in [-0.2, 0) is 9.59 Å². The Morgan fingerprint density at radius 2 is 1.88 bits per heavy atom. The molecule has 0 aliphatic rings. The van der Waals surface area contributed by atoms with E-state index < -0.39 is 5.97 Å². The average molecular weight is 244 g/mol. The lowest BCUT2D eigenvalue weighted by Crippen LogP contribution is -2.44. The zero-order valence-electron chi connectivity index (χ0n) is 11.2. The molecule has 0 rings (SSSR count). The summed E-state index contributed by atoms with van der Waals surface area (Å²) in [6.45, 7) is 8.73. The van der Waals surface area contributed by atoms with Gasteiger partial charge in [-0.15, -0.1) is 0 Å². The third-order valence-corrected chi connectivity index (χ3v) is 2.28. The Morgan fingerprint density at radius 1 is 1.29 bits per heavy atom. The highest BCUT2D eigenvalue weighted by atomic mass is 16.4. The van der Waals surface area contributed by atoms with E-state index in [2.05, 4.69) is 10.6 Å². The predicted octanol–water partition coefficient (Wildman–Crippen LogP) is 0.992. The van der Waals surface area contributed by atoms with E-state index >= 15 is 0 Å².